The van der Waals surface area contributed by atoms with Crippen LogP contribution in [0.3, 0.4) is 0 Å². The molecule has 4 heteroatoms. The second-order valence-electron chi connectivity index (χ2n) is 11.2. The van der Waals surface area contributed by atoms with Gasteiger partial charge in [-0.3, -0.25) is 4.79 Å². The zero-order chi connectivity index (χ0) is 24.7. The molecule has 1 saturated heterocycles. The first-order valence-electron chi connectivity index (χ1n) is 13.5. The van der Waals surface area contributed by atoms with Gasteiger partial charge in [0, 0.05) is 30.2 Å². The molecule has 1 heterocycles. The number of fused-ring (bicyclic) bond motifs is 1. The highest BCUT2D eigenvalue weighted by molar-refractivity contribution is 5.76. The number of unbranched alkanes of at least 4 members (excludes halogenated alkanes) is 2. The van der Waals surface area contributed by atoms with Crippen molar-refractivity contribution in [1.82, 2.24) is 5.32 Å². The SMILES string of the molecule is C=CC[N@@+]1(C)CC[C@@]2(c3cccc(O)c3)C[C@H](NC(=O)CCCCCc3ccccc3)CCC2C1. The first-order chi connectivity index (χ1) is 16.9. The van der Waals surface area contributed by atoms with Gasteiger partial charge in [-0.05, 0) is 67.9 Å². The third kappa shape index (κ3) is 6.35. The predicted molar refractivity (Wildman–Crippen MR) is 143 cm³/mol. The molecule has 0 radical (unpaired) electrons. The summed E-state index contributed by atoms with van der Waals surface area (Å²) in [5.41, 5.74) is 2.64. The van der Waals surface area contributed by atoms with Crippen LogP contribution in [-0.4, -0.2) is 48.2 Å². The number of phenolic OH excluding ortho intramolecular Hbond substituents is 1. The van der Waals surface area contributed by atoms with Gasteiger partial charge in [0.05, 0.1) is 26.7 Å². The number of carbonyl (C=O) groups is 1. The Kier molecular flexibility index (Phi) is 8.33. The van der Waals surface area contributed by atoms with Gasteiger partial charge in [0.15, 0.2) is 0 Å². The van der Waals surface area contributed by atoms with Crippen LogP contribution in [0.1, 0.15) is 62.5 Å². The van der Waals surface area contributed by atoms with E-state index >= 15 is 0 Å². The molecule has 0 bridgehead atoms. The molecule has 1 saturated carbocycles. The molecule has 188 valence electrons. The van der Waals surface area contributed by atoms with Gasteiger partial charge in [0.2, 0.25) is 5.91 Å². The minimum Gasteiger partial charge on any atom is -0.508 e. The Morgan fingerprint density at radius 1 is 1.14 bits per heavy atom. The molecule has 2 aliphatic rings. The molecule has 1 aliphatic carbocycles. The Labute approximate surface area is 211 Å². The van der Waals surface area contributed by atoms with E-state index < -0.39 is 0 Å². The molecule has 2 aromatic carbocycles. The Balaban J connectivity index is 1.34. The highest BCUT2D eigenvalue weighted by Crippen LogP contribution is 2.50. The smallest absolute Gasteiger partial charge is 0.220 e. The summed E-state index contributed by atoms with van der Waals surface area (Å²) in [5, 5.41) is 13.6. The molecule has 2 N–H and O–H groups in total. The fourth-order valence-corrected chi connectivity index (χ4v) is 6.70. The summed E-state index contributed by atoms with van der Waals surface area (Å²) in [4.78, 5) is 12.8. The highest BCUT2D eigenvalue weighted by Gasteiger charge is 2.52. The zero-order valence-corrected chi connectivity index (χ0v) is 21.4. The van der Waals surface area contributed by atoms with Gasteiger partial charge >= 0.3 is 0 Å². The second-order valence-corrected chi connectivity index (χ2v) is 11.2. The monoisotopic (exact) mass is 475 g/mol. The summed E-state index contributed by atoms with van der Waals surface area (Å²) >= 11 is 0. The molecule has 0 spiro atoms. The number of hydrogen-bond acceptors (Lipinski definition) is 2. The van der Waals surface area contributed by atoms with Crippen molar-refractivity contribution in [2.24, 2.45) is 5.92 Å². The third-order valence-corrected chi connectivity index (χ3v) is 8.58. The maximum atomic E-state index is 12.8. The van der Waals surface area contributed by atoms with Crippen molar-refractivity contribution >= 4 is 5.91 Å². The quantitative estimate of drug-likeness (QED) is 0.261. The van der Waals surface area contributed by atoms with Crippen molar-refractivity contribution in [2.45, 2.75) is 69.2 Å². The van der Waals surface area contributed by atoms with Crippen molar-refractivity contribution in [3.8, 4) is 5.75 Å². The lowest BCUT2D eigenvalue weighted by Crippen LogP contribution is -2.62. The molecule has 2 aromatic rings. The maximum absolute atomic E-state index is 12.8. The number of piperidine rings is 1. The lowest BCUT2D eigenvalue weighted by atomic mass is 9.57. The van der Waals surface area contributed by atoms with E-state index in [-0.39, 0.29) is 17.4 Å². The number of aryl methyl sites for hydroxylation is 1. The lowest BCUT2D eigenvalue weighted by Gasteiger charge is -2.55. The van der Waals surface area contributed by atoms with E-state index in [1.54, 1.807) is 6.07 Å². The molecule has 1 amide bonds. The number of amides is 1. The van der Waals surface area contributed by atoms with E-state index in [9.17, 15) is 9.90 Å². The number of likely N-dealkylation sites (tertiary alicyclic amines) is 1. The largest absolute Gasteiger partial charge is 0.508 e. The lowest BCUT2D eigenvalue weighted by molar-refractivity contribution is -0.914. The first kappa shape index (κ1) is 25.5. The number of rotatable bonds is 10. The topological polar surface area (TPSA) is 49.3 Å². The number of nitrogens with one attached hydrogen (secondary N) is 1. The van der Waals surface area contributed by atoms with Crippen molar-refractivity contribution in [3.63, 3.8) is 0 Å². The fraction of sp³-hybridized carbons (Fsp3) is 0.516. The molecule has 1 aliphatic heterocycles. The van der Waals surface area contributed by atoms with Gasteiger partial charge in [-0.2, -0.15) is 0 Å². The number of hydrogen-bond donors (Lipinski definition) is 2. The number of carbonyl (C=O) groups excluding carboxylic acids is 1. The van der Waals surface area contributed by atoms with Crippen LogP contribution in [-0.2, 0) is 16.6 Å². The number of phenols is 1. The van der Waals surface area contributed by atoms with Gasteiger partial charge in [-0.1, -0.05) is 55.5 Å². The molecule has 4 atom stereocenters. The normalized spacial score (nSPS) is 28.1. The fourth-order valence-electron chi connectivity index (χ4n) is 6.70. The minimum absolute atomic E-state index is 0.0174. The second kappa shape index (κ2) is 11.4. The van der Waals surface area contributed by atoms with E-state index in [1.165, 1.54) is 11.1 Å². The molecule has 35 heavy (non-hydrogen) atoms. The van der Waals surface area contributed by atoms with Gasteiger partial charge in [-0.25, -0.2) is 0 Å². The minimum atomic E-state index is 0.0174. The maximum Gasteiger partial charge on any atom is 0.220 e. The summed E-state index contributed by atoms with van der Waals surface area (Å²) in [6.45, 7) is 7.21. The summed E-state index contributed by atoms with van der Waals surface area (Å²) in [6, 6.07) is 18.7. The molecule has 4 rings (SSSR count). The van der Waals surface area contributed by atoms with Crippen molar-refractivity contribution < 1.29 is 14.4 Å². The average molecular weight is 476 g/mol. The number of likely N-dealkylation sites (N-methyl/N-ethyl adjacent to an activating group) is 1. The van der Waals surface area contributed by atoms with Gasteiger partial charge in [-0.15, -0.1) is 0 Å². The summed E-state index contributed by atoms with van der Waals surface area (Å²) in [5.74, 6) is 1.09. The predicted octanol–water partition coefficient (Wildman–Crippen LogP) is 5.75. The Morgan fingerprint density at radius 2 is 1.97 bits per heavy atom. The van der Waals surface area contributed by atoms with E-state index in [4.69, 9.17) is 0 Å². The highest BCUT2D eigenvalue weighted by atomic mass is 16.3. The summed E-state index contributed by atoms with van der Waals surface area (Å²) in [6.07, 6.45) is 11.1. The number of nitrogens with zero attached hydrogens (tertiary/aromatic N) is 1. The molecular weight excluding hydrogens is 432 g/mol. The van der Waals surface area contributed by atoms with Crippen molar-refractivity contribution in [3.05, 3.63) is 78.4 Å². The van der Waals surface area contributed by atoms with Gasteiger partial charge < -0.3 is 14.9 Å². The van der Waals surface area contributed by atoms with Crippen LogP contribution in [0.25, 0.3) is 0 Å². The van der Waals surface area contributed by atoms with Crippen LogP contribution in [0.4, 0.5) is 0 Å². The number of aromatic hydroxyl groups is 1. The summed E-state index contributed by atoms with van der Waals surface area (Å²) < 4.78 is 1.04. The standard InChI is InChI=1S/C31H42N2O2/c1-3-20-33(2)21-19-31(26-14-10-15-29(34)22-26)23-28(18-17-27(31)24-33)32-30(35)16-9-5-8-13-25-11-6-4-7-12-25/h3-4,6-7,10-12,14-15,22,27-28H,1,5,8-9,13,16-21,23-24H2,2H3,(H-,32,34,35)/p+1/t27?,28-,31+,33+/m1/s1. The number of quaternary nitrogens is 1. The Morgan fingerprint density at radius 3 is 2.74 bits per heavy atom. The van der Waals surface area contributed by atoms with Crippen LogP contribution in [0.15, 0.2) is 67.3 Å². The van der Waals surface area contributed by atoms with Crippen molar-refractivity contribution in [2.75, 3.05) is 26.7 Å². The zero-order valence-electron chi connectivity index (χ0n) is 21.4. The van der Waals surface area contributed by atoms with Gasteiger partial charge in [0.25, 0.3) is 0 Å². The molecule has 2 fully saturated rings. The first-order valence-corrected chi connectivity index (χ1v) is 13.5. The van der Waals surface area contributed by atoms with E-state index in [0.29, 0.717) is 18.1 Å². The van der Waals surface area contributed by atoms with Gasteiger partial charge in [0.1, 0.15) is 5.75 Å². The number of benzene rings is 2. The van der Waals surface area contributed by atoms with Crippen LogP contribution in [0, 0.1) is 5.92 Å². The van der Waals surface area contributed by atoms with E-state index in [2.05, 4.69) is 55.3 Å². The van der Waals surface area contributed by atoms with Crippen LogP contribution in [0.2, 0.25) is 0 Å². The average Bonchev–Trinajstić information content (AvgIpc) is 2.85. The Bertz CT molecular complexity index is 990. The van der Waals surface area contributed by atoms with Crippen LogP contribution in [0.5, 0.6) is 5.75 Å². The summed E-state index contributed by atoms with van der Waals surface area (Å²) in [7, 11) is 2.35. The molecular formula is C31H43N2O2+. The third-order valence-electron chi connectivity index (χ3n) is 8.58. The van der Waals surface area contributed by atoms with Crippen LogP contribution >= 0.6 is 0 Å². The molecule has 4 nitrogen and oxygen atoms in total. The van der Waals surface area contributed by atoms with E-state index in [1.807, 2.05) is 18.2 Å². The molecule has 1 unspecified atom stereocenters. The Hall–Kier alpha value is -2.59. The van der Waals surface area contributed by atoms with Crippen LogP contribution < -0.4 is 5.32 Å². The molecule has 0 aromatic heterocycles. The van der Waals surface area contributed by atoms with E-state index in [0.717, 1.165) is 75.5 Å². The van der Waals surface area contributed by atoms with Crippen molar-refractivity contribution in [1.29, 1.82) is 0 Å².